The second-order valence-corrected chi connectivity index (χ2v) is 15.8. The summed E-state index contributed by atoms with van der Waals surface area (Å²) in [6.45, 7) is 0. The van der Waals surface area contributed by atoms with Crippen LogP contribution < -0.4 is 0 Å². The summed E-state index contributed by atoms with van der Waals surface area (Å²) in [4.78, 5) is 15.5. The van der Waals surface area contributed by atoms with Crippen molar-refractivity contribution in [2.75, 3.05) is 0 Å². The molecule has 2 heterocycles. The van der Waals surface area contributed by atoms with Crippen LogP contribution in [0, 0.1) is 0 Å². The van der Waals surface area contributed by atoms with Crippen LogP contribution in [0.1, 0.15) is 22.3 Å². The van der Waals surface area contributed by atoms with Crippen LogP contribution in [0.25, 0.3) is 87.7 Å². The lowest BCUT2D eigenvalue weighted by Gasteiger charge is -2.30. The Bertz CT molecular complexity index is 3130. The fourth-order valence-electron chi connectivity index (χ4n) is 9.40. The highest BCUT2D eigenvalue weighted by Gasteiger charge is 2.51. The second kappa shape index (κ2) is 12.0. The summed E-state index contributed by atoms with van der Waals surface area (Å²) in [7, 11) is 0. The predicted octanol–water partition coefficient (Wildman–Crippen LogP) is 13.3. The molecule has 4 heteroatoms. The monoisotopic (exact) mass is 729 g/mol. The zero-order valence-electron chi connectivity index (χ0n) is 30.1. The molecule has 0 N–H and O–H groups in total. The smallest absolute Gasteiger partial charge is 0.164 e. The Morgan fingerprint density at radius 1 is 0.321 bits per heavy atom. The normalized spacial score (nSPS) is 13.1. The first-order valence-electron chi connectivity index (χ1n) is 19.0. The molecule has 2 aromatic heterocycles. The summed E-state index contributed by atoms with van der Waals surface area (Å²) >= 11 is 1.85. The van der Waals surface area contributed by atoms with E-state index in [4.69, 9.17) is 15.0 Å². The molecule has 260 valence electrons. The van der Waals surface area contributed by atoms with Gasteiger partial charge in [0.1, 0.15) is 0 Å². The summed E-state index contributed by atoms with van der Waals surface area (Å²) in [6.07, 6.45) is 0. The van der Waals surface area contributed by atoms with Crippen LogP contribution >= 0.6 is 11.3 Å². The molecule has 0 fully saturated rings. The Labute approximate surface area is 328 Å². The van der Waals surface area contributed by atoms with Gasteiger partial charge in [-0.15, -0.1) is 11.3 Å². The molecule has 0 bridgehead atoms. The molecule has 0 atom stereocenters. The van der Waals surface area contributed by atoms with Gasteiger partial charge >= 0.3 is 0 Å². The van der Waals surface area contributed by atoms with Gasteiger partial charge < -0.3 is 0 Å². The maximum Gasteiger partial charge on any atom is 0.164 e. The number of aromatic nitrogens is 3. The van der Waals surface area contributed by atoms with Crippen LogP contribution in [-0.2, 0) is 5.41 Å². The molecule has 0 amide bonds. The predicted molar refractivity (Wildman–Crippen MR) is 231 cm³/mol. The Hall–Kier alpha value is -7.01. The molecule has 10 aromatic rings. The van der Waals surface area contributed by atoms with Gasteiger partial charge in [-0.3, -0.25) is 0 Å². The van der Waals surface area contributed by atoms with Gasteiger partial charge in [-0.05, 0) is 73.8 Å². The van der Waals surface area contributed by atoms with E-state index in [0.29, 0.717) is 17.5 Å². The van der Waals surface area contributed by atoms with Crippen LogP contribution in [0.2, 0.25) is 0 Å². The summed E-state index contributed by atoms with van der Waals surface area (Å²) in [5, 5.41) is 2.60. The van der Waals surface area contributed by atoms with Crippen molar-refractivity contribution in [3.05, 3.63) is 210 Å². The topological polar surface area (TPSA) is 38.7 Å². The standard InChI is InChI=1S/C52H31N3S/c1-2-13-33(14-3-1)49-53-50(34-27-25-32(26-28-34)36-19-12-24-47-48(36)41-18-7-11-23-46(41)56-47)55-51(54-49)35-29-30-40-39-17-6-10-22-44(39)52(45(40)31-35)42-20-8-4-15-37(42)38-16-5-9-21-43(38)52/h1-31H. The van der Waals surface area contributed by atoms with Gasteiger partial charge in [-0.25, -0.2) is 15.0 Å². The lowest BCUT2D eigenvalue weighted by atomic mass is 9.70. The van der Waals surface area contributed by atoms with E-state index in [-0.39, 0.29) is 0 Å². The molecular weight excluding hydrogens is 699 g/mol. The van der Waals surface area contributed by atoms with E-state index in [2.05, 4.69) is 170 Å². The van der Waals surface area contributed by atoms with Crippen molar-refractivity contribution in [3.63, 3.8) is 0 Å². The van der Waals surface area contributed by atoms with E-state index in [1.165, 1.54) is 75.8 Å². The van der Waals surface area contributed by atoms with E-state index in [9.17, 15) is 0 Å². The Morgan fingerprint density at radius 2 is 0.786 bits per heavy atom. The van der Waals surface area contributed by atoms with Gasteiger partial charge in [0.25, 0.3) is 0 Å². The van der Waals surface area contributed by atoms with Crippen LogP contribution in [-0.4, -0.2) is 15.0 Å². The fourth-order valence-corrected chi connectivity index (χ4v) is 10.5. The van der Waals surface area contributed by atoms with Crippen molar-refractivity contribution >= 4 is 31.5 Å². The van der Waals surface area contributed by atoms with Crippen molar-refractivity contribution in [2.24, 2.45) is 0 Å². The van der Waals surface area contributed by atoms with E-state index in [1.807, 2.05) is 29.5 Å². The highest BCUT2D eigenvalue weighted by molar-refractivity contribution is 7.25. The number of hydrogen-bond donors (Lipinski definition) is 0. The molecular formula is C52H31N3S. The largest absolute Gasteiger partial charge is 0.208 e. The first-order valence-corrected chi connectivity index (χ1v) is 19.8. The summed E-state index contributed by atoms with van der Waals surface area (Å²) in [6, 6.07) is 67.8. The zero-order valence-corrected chi connectivity index (χ0v) is 31.0. The minimum absolute atomic E-state index is 0.445. The van der Waals surface area contributed by atoms with Crippen molar-refractivity contribution < 1.29 is 0 Å². The quantitative estimate of drug-likeness (QED) is 0.181. The van der Waals surface area contributed by atoms with Gasteiger partial charge in [-0.1, -0.05) is 170 Å². The Balaban J connectivity index is 1.03. The summed E-state index contributed by atoms with van der Waals surface area (Å²) in [5.74, 6) is 1.95. The number of rotatable bonds is 4. The molecule has 8 aromatic carbocycles. The fraction of sp³-hybridized carbons (Fsp3) is 0.0192. The first-order chi connectivity index (χ1) is 27.8. The van der Waals surface area contributed by atoms with E-state index >= 15 is 0 Å². The van der Waals surface area contributed by atoms with Crippen LogP contribution in [0.15, 0.2) is 188 Å². The number of benzene rings is 8. The first kappa shape index (κ1) is 31.4. The highest BCUT2D eigenvalue weighted by atomic mass is 32.1. The molecule has 12 rings (SSSR count). The van der Waals surface area contributed by atoms with E-state index < -0.39 is 5.41 Å². The Morgan fingerprint density at radius 3 is 1.45 bits per heavy atom. The molecule has 2 aliphatic carbocycles. The van der Waals surface area contributed by atoms with E-state index in [1.54, 1.807) is 0 Å². The number of hydrogen-bond acceptors (Lipinski definition) is 4. The minimum atomic E-state index is -0.445. The average molecular weight is 730 g/mol. The van der Waals surface area contributed by atoms with Gasteiger partial charge in [0.05, 0.1) is 5.41 Å². The molecule has 0 saturated carbocycles. The van der Waals surface area contributed by atoms with Crippen molar-refractivity contribution in [3.8, 4) is 67.5 Å². The number of fused-ring (bicyclic) bond motifs is 13. The third-order valence-electron chi connectivity index (χ3n) is 11.8. The van der Waals surface area contributed by atoms with Gasteiger partial charge in [0.2, 0.25) is 0 Å². The minimum Gasteiger partial charge on any atom is -0.208 e. The third-order valence-corrected chi connectivity index (χ3v) is 12.9. The zero-order chi connectivity index (χ0) is 36.8. The van der Waals surface area contributed by atoms with Crippen LogP contribution in [0.5, 0.6) is 0 Å². The molecule has 56 heavy (non-hydrogen) atoms. The number of nitrogens with zero attached hydrogens (tertiary/aromatic N) is 3. The second-order valence-electron chi connectivity index (χ2n) is 14.7. The molecule has 3 nitrogen and oxygen atoms in total. The van der Waals surface area contributed by atoms with Crippen molar-refractivity contribution in [1.29, 1.82) is 0 Å². The number of thiophene rings is 1. The van der Waals surface area contributed by atoms with Crippen molar-refractivity contribution in [1.82, 2.24) is 15.0 Å². The summed E-state index contributed by atoms with van der Waals surface area (Å²) in [5.41, 5.74) is 15.1. The van der Waals surface area contributed by atoms with Crippen molar-refractivity contribution in [2.45, 2.75) is 5.41 Å². The maximum atomic E-state index is 5.24. The van der Waals surface area contributed by atoms with Crippen LogP contribution in [0.3, 0.4) is 0 Å². The summed E-state index contributed by atoms with van der Waals surface area (Å²) < 4.78 is 2.60. The molecule has 1 spiro atoms. The van der Waals surface area contributed by atoms with E-state index in [0.717, 1.165) is 16.7 Å². The molecule has 0 unspecified atom stereocenters. The van der Waals surface area contributed by atoms with Gasteiger partial charge in [0, 0.05) is 36.9 Å². The SMILES string of the molecule is c1ccc(-c2nc(-c3ccc(-c4cccc5sc6ccccc6c45)cc3)nc(-c3ccc4c(c3)C3(c5ccccc5-c5ccccc53)c3ccccc3-4)n2)cc1. The molecule has 0 radical (unpaired) electrons. The average Bonchev–Trinajstić information content (AvgIpc) is 3.91. The molecule has 0 saturated heterocycles. The maximum absolute atomic E-state index is 5.24. The lowest BCUT2D eigenvalue weighted by molar-refractivity contribution is 0.794. The van der Waals surface area contributed by atoms with Crippen LogP contribution in [0.4, 0.5) is 0 Å². The molecule has 2 aliphatic rings. The third kappa shape index (κ3) is 4.42. The van der Waals surface area contributed by atoms with Gasteiger partial charge in [-0.2, -0.15) is 0 Å². The Kier molecular flexibility index (Phi) is 6.72. The highest BCUT2D eigenvalue weighted by Crippen LogP contribution is 2.63. The molecule has 0 aliphatic heterocycles. The lowest BCUT2D eigenvalue weighted by Crippen LogP contribution is -2.25. The van der Waals surface area contributed by atoms with Gasteiger partial charge in [0.15, 0.2) is 17.5 Å².